The van der Waals surface area contributed by atoms with Crippen molar-refractivity contribution in [3.8, 4) is 0 Å². The molecule has 30 heavy (non-hydrogen) atoms. The number of aliphatic imine (C=N–C) groups is 1. The third-order valence-electron chi connectivity index (χ3n) is 4.86. The van der Waals surface area contributed by atoms with Gasteiger partial charge in [0.15, 0.2) is 5.13 Å². The molecule has 1 unspecified atom stereocenters. The molecule has 0 aliphatic carbocycles. The predicted molar refractivity (Wildman–Crippen MR) is 120 cm³/mol. The van der Waals surface area contributed by atoms with Crippen molar-refractivity contribution in [2.45, 2.75) is 44.0 Å². The van der Waals surface area contributed by atoms with Gasteiger partial charge >= 0.3 is 0 Å². The van der Waals surface area contributed by atoms with Crippen LogP contribution in [0.4, 0.5) is 5.13 Å². The average molecular weight is 443 g/mol. The second-order valence-corrected chi connectivity index (χ2v) is 9.90. The molecule has 1 aliphatic rings. The molecule has 0 saturated carbocycles. The zero-order chi connectivity index (χ0) is 21.3. The number of hydrogen-bond donors (Lipinski definition) is 2. The highest BCUT2D eigenvalue weighted by Crippen LogP contribution is 2.27. The third kappa shape index (κ3) is 4.08. The maximum Gasteiger partial charge on any atom is 0.263 e. The first kappa shape index (κ1) is 20.5. The van der Waals surface area contributed by atoms with Crippen molar-refractivity contribution >= 4 is 48.5 Å². The van der Waals surface area contributed by atoms with Gasteiger partial charge in [-0.2, -0.15) is 0 Å². The summed E-state index contributed by atoms with van der Waals surface area (Å²) in [5, 5.41) is 3.37. The number of amidine groups is 1. The van der Waals surface area contributed by atoms with Crippen LogP contribution in [0.25, 0.3) is 10.2 Å². The number of hydrogen-bond acceptors (Lipinski definition) is 6. The summed E-state index contributed by atoms with van der Waals surface area (Å²) in [6.07, 6.45) is 2.21. The summed E-state index contributed by atoms with van der Waals surface area (Å²) in [5.41, 5.74) is 2.44. The zero-order valence-corrected chi connectivity index (χ0v) is 18.3. The van der Waals surface area contributed by atoms with E-state index in [9.17, 15) is 13.2 Å². The lowest BCUT2D eigenvalue weighted by atomic mass is 10.1. The van der Waals surface area contributed by atoms with Crippen LogP contribution in [0.3, 0.4) is 0 Å². The summed E-state index contributed by atoms with van der Waals surface area (Å²) in [5.74, 6) is -0.0860. The van der Waals surface area contributed by atoms with Crippen molar-refractivity contribution in [1.82, 2.24) is 9.71 Å². The Hall–Kier alpha value is -2.78. The van der Waals surface area contributed by atoms with Crippen LogP contribution in [0.5, 0.6) is 0 Å². The predicted octanol–water partition coefficient (Wildman–Crippen LogP) is 3.84. The van der Waals surface area contributed by atoms with E-state index in [1.807, 2.05) is 32.0 Å². The van der Waals surface area contributed by atoms with E-state index in [4.69, 9.17) is 0 Å². The molecule has 1 aliphatic heterocycles. The van der Waals surface area contributed by atoms with Gasteiger partial charge in [0, 0.05) is 5.56 Å². The average Bonchev–Trinajstić information content (AvgIpc) is 3.22. The fraction of sp³-hybridized carbons (Fsp3) is 0.286. The Labute approximate surface area is 179 Å². The standard InChI is InChI=1S/C21H22N4O3S2/c1-3-4-8-16(22-19-14-7-5-6-9-18(14)30(27,28)25-19)20(26)24-21-23-15-11-10-13(2)12-17(15)29-21/h5-7,9-12,16H,3-4,8H2,1-2H3,(H,22,25)(H,23,24,26). The van der Waals surface area contributed by atoms with Gasteiger partial charge in [-0.25, -0.2) is 13.4 Å². The number of nitrogens with one attached hydrogen (secondary N) is 2. The Kier molecular flexibility index (Phi) is 5.57. The molecule has 0 fully saturated rings. The molecular weight excluding hydrogens is 420 g/mol. The van der Waals surface area contributed by atoms with E-state index in [-0.39, 0.29) is 16.6 Å². The highest BCUT2D eigenvalue weighted by molar-refractivity contribution is 7.90. The van der Waals surface area contributed by atoms with E-state index in [0.717, 1.165) is 28.6 Å². The summed E-state index contributed by atoms with van der Waals surface area (Å²) in [7, 11) is -3.65. The van der Waals surface area contributed by atoms with Crippen LogP contribution in [0.15, 0.2) is 52.4 Å². The Balaban J connectivity index is 1.62. The molecule has 9 heteroatoms. The molecule has 4 rings (SSSR count). The molecule has 1 aromatic heterocycles. The fourth-order valence-electron chi connectivity index (χ4n) is 3.31. The largest absolute Gasteiger partial charge is 0.300 e. The number of nitrogens with zero attached hydrogens (tertiary/aromatic N) is 2. The van der Waals surface area contributed by atoms with Crippen LogP contribution < -0.4 is 10.0 Å². The topological polar surface area (TPSA) is 101 Å². The second kappa shape index (κ2) is 8.16. The fourth-order valence-corrected chi connectivity index (χ4v) is 5.52. The number of fused-ring (bicyclic) bond motifs is 2. The van der Waals surface area contributed by atoms with Gasteiger partial charge in [0.1, 0.15) is 11.9 Å². The number of sulfonamides is 1. The number of anilines is 1. The van der Waals surface area contributed by atoms with Gasteiger partial charge in [0.25, 0.3) is 15.9 Å². The normalized spacial score (nSPS) is 16.9. The Morgan fingerprint density at radius 2 is 2.07 bits per heavy atom. The number of aryl methyl sites for hydroxylation is 1. The maximum atomic E-state index is 13.0. The first-order chi connectivity index (χ1) is 14.4. The number of thiazole rings is 1. The summed E-state index contributed by atoms with van der Waals surface area (Å²) in [4.78, 5) is 22.2. The van der Waals surface area contributed by atoms with E-state index in [0.29, 0.717) is 17.1 Å². The van der Waals surface area contributed by atoms with Crippen LogP contribution >= 0.6 is 11.3 Å². The number of rotatable bonds is 6. The van der Waals surface area contributed by atoms with Crippen molar-refractivity contribution in [2.75, 3.05) is 5.32 Å². The quantitative estimate of drug-likeness (QED) is 0.606. The molecule has 1 amide bonds. The van der Waals surface area contributed by atoms with Gasteiger partial charge < -0.3 is 5.32 Å². The minimum atomic E-state index is -3.65. The molecule has 156 valence electrons. The number of carbonyl (C=O) groups is 1. The number of unbranched alkanes of at least 4 members (excludes halogenated alkanes) is 1. The van der Waals surface area contributed by atoms with E-state index in [1.165, 1.54) is 17.4 Å². The zero-order valence-electron chi connectivity index (χ0n) is 16.7. The van der Waals surface area contributed by atoms with E-state index < -0.39 is 16.1 Å². The summed E-state index contributed by atoms with van der Waals surface area (Å²) in [6, 6.07) is 11.9. The Morgan fingerprint density at radius 3 is 2.87 bits per heavy atom. The minimum Gasteiger partial charge on any atom is -0.300 e. The molecule has 2 N–H and O–H groups in total. The van der Waals surface area contributed by atoms with Crippen molar-refractivity contribution in [3.63, 3.8) is 0 Å². The Bertz CT molecular complexity index is 1250. The molecule has 2 heterocycles. The minimum absolute atomic E-state index is 0.181. The van der Waals surface area contributed by atoms with Gasteiger partial charge in [0.05, 0.1) is 15.1 Å². The smallest absolute Gasteiger partial charge is 0.263 e. The van der Waals surface area contributed by atoms with Crippen LogP contribution in [0, 0.1) is 6.92 Å². The monoisotopic (exact) mass is 442 g/mol. The van der Waals surface area contributed by atoms with Crippen LogP contribution in [-0.4, -0.2) is 31.2 Å². The Morgan fingerprint density at radius 1 is 1.27 bits per heavy atom. The highest BCUT2D eigenvalue weighted by Gasteiger charge is 2.32. The molecule has 1 atom stereocenters. The summed E-state index contributed by atoms with van der Waals surface area (Å²) < 4.78 is 28.2. The lowest BCUT2D eigenvalue weighted by molar-refractivity contribution is -0.117. The van der Waals surface area contributed by atoms with Crippen LogP contribution in [0.1, 0.15) is 37.3 Å². The van der Waals surface area contributed by atoms with Crippen molar-refractivity contribution in [3.05, 3.63) is 53.6 Å². The van der Waals surface area contributed by atoms with Crippen LogP contribution in [-0.2, 0) is 14.8 Å². The van der Waals surface area contributed by atoms with Gasteiger partial charge in [-0.3, -0.25) is 14.5 Å². The van der Waals surface area contributed by atoms with Gasteiger partial charge in [-0.15, -0.1) is 0 Å². The van der Waals surface area contributed by atoms with E-state index in [2.05, 4.69) is 20.0 Å². The third-order valence-corrected chi connectivity index (χ3v) is 7.19. The lowest BCUT2D eigenvalue weighted by Crippen LogP contribution is -2.30. The van der Waals surface area contributed by atoms with E-state index in [1.54, 1.807) is 18.2 Å². The highest BCUT2D eigenvalue weighted by atomic mass is 32.2. The molecule has 0 spiro atoms. The molecule has 0 radical (unpaired) electrons. The molecule has 0 saturated heterocycles. The van der Waals surface area contributed by atoms with Crippen molar-refractivity contribution < 1.29 is 13.2 Å². The SMILES string of the molecule is CCCCC(N=C1NS(=O)(=O)c2ccccc21)C(=O)Nc1nc2ccc(C)cc2s1. The summed E-state index contributed by atoms with van der Waals surface area (Å²) >= 11 is 1.41. The van der Waals surface area contributed by atoms with Gasteiger partial charge in [-0.1, -0.05) is 49.3 Å². The van der Waals surface area contributed by atoms with Gasteiger partial charge in [-0.05, 0) is 43.2 Å². The molecule has 7 nitrogen and oxygen atoms in total. The number of aromatic nitrogens is 1. The van der Waals surface area contributed by atoms with Crippen molar-refractivity contribution in [2.24, 2.45) is 4.99 Å². The van der Waals surface area contributed by atoms with E-state index >= 15 is 0 Å². The number of benzene rings is 2. The van der Waals surface area contributed by atoms with Crippen molar-refractivity contribution in [1.29, 1.82) is 0 Å². The molecule has 0 bridgehead atoms. The molecule has 2 aromatic carbocycles. The lowest BCUT2D eigenvalue weighted by Gasteiger charge is -2.12. The second-order valence-electron chi connectivity index (χ2n) is 7.22. The van der Waals surface area contributed by atoms with Gasteiger partial charge in [0.2, 0.25) is 0 Å². The first-order valence-corrected chi connectivity index (χ1v) is 12.1. The first-order valence-electron chi connectivity index (χ1n) is 9.75. The number of carbonyl (C=O) groups excluding carboxylic acids is 1. The molecule has 3 aromatic rings. The maximum absolute atomic E-state index is 13.0. The number of amides is 1. The molecular formula is C21H22N4O3S2. The summed E-state index contributed by atoms with van der Waals surface area (Å²) in [6.45, 7) is 4.04. The van der Waals surface area contributed by atoms with Crippen LogP contribution in [0.2, 0.25) is 0 Å².